The highest BCUT2D eigenvalue weighted by Gasteiger charge is 2.15. The smallest absolute Gasteiger partial charge is 0.0813 e. The van der Waals surface area contributed by atoms with E-state index in [1.165, 1.54) is 0 Å². The number of rotatable bonds is 4. The van der Waals surface area contributed by atoms with E-state index < -0.39 is 0 Å². The van der Waals surface area contributed by atoms with Gasteiger partial charge in [-0.1, -0.05) is 6.92 Å². The van der Waals surface area contributed by atoms with Crippen LogP contribution in [0.25, 0.3) is 0 Å². The molecule has 0 aliphatic heterocycles. The van der Waals surface area contributed by atoms with E-state index in [1.54, 1.807) is 0 Å². The average molecular weight is 175 g/mol. The van der Waals surface area contributed by atoms with E-state index in [-0.39, 0.29) is 24.2 Å². The van der Waals surface area contributed by atoms with Gasteiger partial charge < -0.3 is 5.11 Å². The highest BCUT2D eigenvalue weighted by Crippen LogP contribution is 2.07. The van der Waals surface area contributed by atoms with Crippen LogP contribution >= 0.6 is 0 Å². The second-order valence-corrected chi connectivity index (χ2v) is 4.28. The molecule has 0 spiro atoms. The van der Waals surface area contributed by atoms with Gasteiger partial charge in [-0.05, 0) is 33.6 Å². The largest absolute Gasteiger partial charge is 0.396 e. The van der Waals surface area contributed by atoms with Crippen molar-refractivity contribution in [2.45, 2.75) is 46.3 Å². The normalized spacial score (nSPS) is 17.5. The van der Waals surface area contributed by atoms with Gasteiger partial charge in [-0.3, -0.25) is 4.84 Å². The second kappa shape index (κ2) is 4.80. The number of aliphatic hydroxyl groups is 1. The topological polar surface area (TPSA) is 41.5 Å². The summed E-state index contributed by atoms with van der Waals surface area (Å²) in [5, 5.41) is 8.84. The minimum Gasteiger partial charge on any atom is -0.396 e. The molecule has 74 valence electrons. The van der Waals surface area contributed by atoms with Crippen LogP contribution in [0.5, 0.6) is 0 Å². The molecular formula is C9H21NO2. The molecule has 0 amide bonds. The van der Waals surface area contributed by atoms with E-state index in [2.05, 4.69) is 5.48 Å². The molecule has 0 saturated carbocycles. The Hall–Kier alpha value is -0.120. The molecule has 0 aromatic rings. The van der Waals surface area contributed by atoms with Crippen LogP contribution in [0.3, 0.4) is 0 Å². The fourth-order valence-electron chi connectivity index (χ4n) is 0.544. The molecular weight excluding hydrogens is 154 g/mol. The maximum absolute atomic E-state index is 8.84. The van der Waals surface area contributed by atoms with Crippen molar-refractivity contribution in [1.82, 2.24) is 5.48 Å². The summed E-state index contributed by atoms with van der Waals surface area (Å²) in [6.07, 6.45) is 0. The Morgan fingerprint density at radius 3 is 2.17 bits per heavy atom. The molecule has 0 aliphatic carbocycles. The van der Waals surface area contributed by atoms with Gasteiger partial charge in [0.2, 0.25) is 0 Å². The molecule has 0 heterocycles. The van der Waals surface area contributed by atoms with E-state index in [4.69, 9.17) is 9.94 Å². The summed E-state index contributed by atoms with van der Waals surface area (Å²) in [4.78, 5) is 5.35. The molecule has 2 atom stereocenters. The Morgan fingerprint density at radius 1 is 1.33 bits per heavy atom. The number of aliphatic hydroxyl groups excluding tert-OH is 1. The first-order valence-corrected chi connectivity index (χ1v) is 4.41. The Morgan fingerprint density at radius 2 is 1.83 bits per heavy atom. The number of nitrogens with one attached hydrogen (secondary N) is 1. The Labute approximate surface area is 75.1 Å². The molecule has 0 saturated heterocycles. The summed E-state index contributed by atoms with van der Waals surface area (Å²) < 4.78 is 0. The summed E-state index contributed by atoms with van der Waals surface area (Å²) in [6, 6.07) is 0.175. The third-order valence-corrected chi connectivity index (χ3v) is 1.69. The lowest BCUT2D eigenvalue weighted by Crippen LogP contribution is -2.39. The van der Waals surface area contributed by atoms with Crippen molar-refractivity contribution in [3.8, 4) is 0 Å². The molecule has 0 fully saturated rings. The van der Waals surface area contributed by atoms with Crippen molar-refractivity contribution in [2.24, 2.45) is 5.92 Å². The van der Waals surface area contributed by atoms with Crippen molar-refractivity contribution in [3.05, 3.63) is 0 Å². The zero-order chi connectivity index (χ0) is 9.78. The summed E-state index contributed by atoms with van der Waals surface area (Å²) in [5.74, 6) is 0.215. The first kappa shape index (κ1) is 11.9. The molecule has 0 aliphatic rings. The third-order valence-electron chi connectivity index (χ3n) is 1.69. The highest BCUT2D eigenvalue weighted by atomic mass is 16.7. The van der Waals surface area contributed by atoms with Crippen molar-refractivity contribution in [1.29, 1.82) is 0 Å². The SMILES string of the molecule is CC(CO)C(C)NOC(C)(C)C. The van der Waals surface area contributed by atoms with Crippen LogP contribution in [0.1, 0.15) is 34.6 Å². The summed E-state index contributed by atoms with van der Waals surface area (Å²) in [7, 11) is 0. The van der Waals surface area contributed by atoms with Gasteiger partial charge in [0, 0.05) is 12.6 Å². The molecule has 0 aromatic heterocycles. The van der Waals surface area contributed by atoms with Gasteiger partial charge in [0.1, 0.15) is 0 Å². The fraction of sp³-hybridized carbons (Fsp3) is 1.00. The number of hydroxylamine groups is 1. The monoisotopic (exact) mass is 175 g/mol. The molecule has 12 heavy (non-hydrogen) atoms. The van der Waals surface area contributed by atoms with Gasteiger partial charge >= 0.3 is 0 Å². The third kappa shape index (κ3) is 5.52. The predicted molar refractivity (Wildman–Crippen MR) is 49.7 cm³/mol. The van der Waals surface area contributed by atoms with Crippen molar-refractivity contribution < 1.29 is 9.94 Å². The summed E-state index contributed by atoms with van der Waals surface area (Å²) in [6.45, 7) is 10.1. The number of hydrogen-bond donors (Lipinski definition) is 2. The average Bonchev–Trinajstić information content (AvgIpc) is 1.97. The minimum atomic E-state index is -0.177. The van der Waals surface area contributed by atoms with Gasteiger partial charge in [-0.15, -0.1) is 0 Å². The molecule has 0 radical (unpaired) electrons. The standard InChI is InChI=1S/C9H21NO2/c1-7(6-11)8(2)10-12-9(3,4)5/h7-8,10-11H,6H2,1-5H3. The second-order valence-electron chi connectivity index (χ2n) is 4.28. The van der Waals surface area contributed by atoms with E-state index in [1.807, 2.05) is 34.6 Å². The van der Waals surface area contributed by atoms with Crippen LogP contribution < -0.4 is 5.48 Å². The summed E-state index contributed by atoms with van der Waals surface area (Å²) in [5.41, 5.74) is 2.74. The lowest BCUT2D eigenvalue weighted by Gasteiger charge is -2.25. The zero-order valence-electron chi connectivity index (χ0n) is 8.72. The zero-order valence-corrected chi connectivity index (χ0v) is 8.72. The first-order chi connectivity index (χ1) is 5.37. The van der Waals surface area contributed by atoms with E-state index in [9.17, 15) is 0 Å². The lowest BCUT2D eigenvalue weighted by molar-refractivity contribution is -0.0948. The van der Waals surface area contributed by atoms with Crippen molar-refractivity contribution in [2.75, 3.05) is 6.61 Å². The van der Waals surface area contributed by atoms with Crippen LogP contribution in [0.2, 0.25) is 0 Å². The Balaban J connectivity index is 3.64. The van der Waals surface area contributed by atoms with E-state index in [0.29, 0.717) is 0 Å². The van der Waals surface area contributed by atoms with Crippen LogP contribution in [-0.2, 0) is 4.84 Å². The van der Waals surface area contributed by atoms with Crippen LogP contribution in [0.15, 0.2) is 0 Å². The first-order valence-electron chi connectivity index (χ1n) is 4.41. The van der Waals surface area contributed by atoms with Gasteiger partial charge in [0.05, 0.1) is 5.60 Å². The predicted octanol–water partition coefficient (Wildman–Crippen LogP) is 1.32. The molecule has 0 aromatic carbocycles. The van der Waals surface area contributed by atoms with Gasteiger partial charge in [-0.25, -0.2) is 0 Å². The van der Waals surface area contributed by atoms with Gasteiger partial charge in [-0.2, -0.15) is 5.48 Å². The maximum Gasteiger partial charge on any atom is 0.0813 e. The molecule has 2 unspecified atom stereocenters. The van der Waals surface area contributed by atoms with Crippen molar-refractivity contribution >= 4 is 0 Å². The fourth-order valence-corrected chi connectivity index (χ4v) is 0.544. The van der Waals surface area contributed by atoms with Gasteiger partial charge in [0.15, 0.2) is 0 Å². The minimum absolute atomic E-state index is 0.175. The maximum atomic E-state index is 8.84. The highest BCUT2D eigenvalue weighted by molar-refractivity contribution is 4.65. The molecule has 0 bridgehead atoms. The van der Waals surface area contributed by atoms with E-state index >= 15 is 0 Å². The quantitative estimate of drug-likeness (QED) is 0.633. The van der Waals surface area contributed by atoms with Crippen molar-refractivity contribution in [3.63, 3.8) is 0 Å². The Bertz CT molecular complexity index is 120. The lowest BCUT2D eigenvalue weighted by atomic mass is 10.1. The van der Waals surface area contributed by atoms with Crippen LogP contribution in [-0.4, -0.2) is 23.4 Å². The van der Waals surface area contributed by atoms with Crippen LogP contribution in [0, 0.1) is 5.92 Å². The molecule has 3 heteroatoms. The molecule has 0 rings (SSSR count). The van der Waals surface area contributed by atoms with Crippen LogP contribution in [0.4, 0.5) is 0 Å². The number of hydrogen-bond acceptors (Lipinski definition) is 3. The molecule has 2 N–H and O–H groups in total. The van der Waals surface area contributed by atoms with E-state index in [0.717, 1.165) is 0 Å². The Kier molecular flexibility index (Phi) is 4.75. The van der Waals surface area contributed by atoms with Gasteiger partial charge in [0.25, 0.3) is 0 Å². The summed E-state index contributed by atoms with van der Waals surface area (Å²) >= 11 is 0. The molecule has 3 nitrogen and oxygen atoms in total.